The smallest absolute Gasteiger partial charge is 0.412 e. The van der Waals surface area contributed by atoms with Crippen molar-refractivity contribution in [2.45, 2.75) is 13.5 Å². The maximum absolute atomic E-state index is 14.0. The molecule has 0 fully saturated rings. The lowest BCUT2D eigenvalue weighted by molar-refractivity contribution is 0.0697. The van der Waals surface area contributed by atoms with Crippen LogP contribution in [-0.4, -0.2) is 17.2 Å². The summed E-state index contributed by atoms with van der Waals surface area (Å²) in [4.78, 5) is 22.8. The molecule has 0 aliphatic heterocycles. The Morgan fingerprint density at radius 2 is 1.86 bits per heavy atom. The molecule has 0 bridgehead atoms. The average molecular weight is 303 g/mol. The number of hydrogen-bond acceptors (Lipinski definition) is 3. The number of aryl methyl sites for hydroxylation is 1. The maximum atomic E-state index is 14.0. The first-order valence-electron chi connectivity index (χ1n) is 6.49. The van der Waals surface area contributed by atoms with Crippen molar-refractivity contribution in [2.75, 3.05) is 5.32 Å². The Balaban J connectivity index is 2.11. The molecule has 0 unspecified atom stereocenters. The number of ether oxygens (including phenoxy) is 1. The standard InChI is InChI=1S/C16H14FNO4/c1-10-7-8-12(15(19)20)14(13(10)17)18-16(21)22-9-11-5-3-2-4-6-11/h2-8H,9H2,1H3,(H,18,21)(H,19,20). The number of carboxylic acids is 1. The van der Waals surface area contributed by atoms with Crippen molar-refractivity contribution in [3.8, 4) is 0 Å². The molecule has 2 rings (SSSR count). The Hall–Kier alpha value is -2.89. The van der Waals surface area contributed by atoms with Crippen LogP contribution in [0.4, 0.5) is 14.9 Å². The van der Waals surface area contributed by atoms with E-state index >= 15 is 0 Å². The summed E-state index contributed by atoms with van der Waals surface area (Å²) in [6, 6.07) is 11.5. The number of carbonyl (C=O) groups is 2. The van der Waals surface area contributed by atoms with Crippen LogP contribution < -0.4 is 5.32 Å². The molecule has 0 radical (unpaired) electrons. The number of hydrogen-bond donors (Lipinski definition) is 2. The maximum Gasteiger partial charge on any atom is 0.412 e. The van der Waals surface area contributed by atoms with Gasteiger partial charge in [0.25, 0.3) is 0 Å². The Kier molecular flexibility index (Phi) is 4.73. The minimum atomic E-state index is -1.34. The van der Waals surface area contributed by atoms with Crippen molar-refractivity contribution in [3.05, 3.63) is 65.0 Å². The van der Waals surface area contributed by atoms with Crippen LogP contribution in [0.3, 0.4) is 0 Å². The second-order valence-corrected chi connectivity index (χ2v) is 4.61. The number of halogens is 1. The summed E-state index contributed by atoms with van der Waals surface area (Å²) in [5.41, 5.74) is 0.259. The number of rotatable bonds is 4. The fourth-order valence-electron chi connectivity index (χ4n) is 1.84. The number of benzene rings is 2. The van der Waals surface area contributed by atoms with Gasteiger partial charge < -0.3 is 9.84 Å². The van der Waals surface area contributed by atoms with Gasteiger partial charge in [0.05, 0.1) is 11.3 Å². The van der Waals surface area contributed by atoms with Gasteiger partial charge >= 0.3 is 12.1 Å². The van der Waals surface area contributed by atoms with Gasteiger partial charge in [-0.25, -0.2) is 14.0 Å². The molecule has 0 atom stereocenters. The molecule has 0 saturated heterocycles. The zero-order valence-electron chi connectivity index (χ0n) is 11.8. The zero-order chi connectivity index (χ0) is 16.1. The van der Waals surface area contributed by atoms with Crippen LogP contribution in [0.25, 0.3) is 0 Å². The highest BCUT2D eigenvalue weighted by molar-refractivity contribution is 5.99. The van der Waals surface area contributed by atoms with Crippen LogP contribution in [0, 0.1) is 12.7 Å². The third kappa shape index (κ3) is 3.60. The summed E-state index contributed by atoms with van der Waals surface area (Å²) in [6.07, 6.45) is -0.921. The highest BCUT2D eigenvalue weighted by Crippen LogP contribution is 2.23. The highest BCUT2D eigenvalue weighted by Gasteiger charge is 2.19. The lowest BCUT2D eigenvalue weighted by Gasteiger charge is -2.11. The van der Waals surface area contributed by atoms with Crippen molar-refractivity contribution in [3.63, 3.8) is 0 Å². The molecule has 0 aliphatic carbocycles. The minimum absolute atomic E-state index is 0.00249. The van der Waals surface area contributed by atoms with E-state index in [0.29, 0.717) is 0 Å². The molecule has 114 valence electrons. The van der Waals surface area contributed by atoms with Crippen molar-refractivity contribution < 1.29 is 23.8 Å². The first-order valence-corrected chi connectivity index (χ1v) is 6.49. The summed E-state index contributed by atoms with van der Waals surface area (Å²) in [5.74, 6) is -2.13. The van der Waals surface area contributed by atoms with Crippen molar-refractivity contribution in [1.29, 1.82) is 0 Å². The van der Waals surface area contributed by atoms with E-state index in [4.69, 9.17) is 9.84 Å². The van der Waals surface area contributed by atoms with E-state index in [1.165, 1.54) is 19.1 Å². The molecule has 22 heavy (non-hydrogen) atoms. The molecular weight excluding hydrogens is 289 g/mol. The van der Waals surface area contributed by atoms with Crippen molar-refractivity contribution in [1.82, 2.24) is 0 Å². The van der Waals surface area contributed by atoms with Crippen LogP contribution in [0.5, 0.6) is 0 Å². The van der Waals surface area contributed by atoms with Crippen LogP contribution in [0.1, 0.15) is 21.5 Å². The molecule has 0 heterocycles. The Bertz CT molecular complexity index is 701. The predicted molar refractivity (Wildman–Crippen MR) is 78.3 cm³/mol. The van der Waals surface area contributed by atoms with E-state index < -0.39 is 23.6 Å². The second-order valence-electron chi connectivity index (χ2n) is 4.61. The molecule has 6 heteroatoms. The third-order valence-electron chi connectivity index (χ3n) is 3.01. The number of aromatic carboxylic acids is 1. The molecule has 0 aliphatic rings. The first kappa shape index (κ1) is 15.5. The summed E-state index contributed by atoms with van der Waals surface area (Å²) >= 11 is 0. The molecule has 0 spiro atoms. The third-order valence-corrected chi connectivity index (χ3v) is 3.01. The molecule has 5 nitrogen and oxygen atoms in total. The van der Waals surface area contributed by atoms with Gasteiger partial charge in [0, 0.05) is 0 Å². The Morgan fingerprint density at radius 3 is 2.50 bits per heavy atom. The second kappa shape index (κ2) is 6.71. The minimum Gasteiger partial charge on any atom is -0.478 e. The lowest BCUT2D eigenvalue weighted by Crippen LogP contribution is -2.17. The van der Waals surface area contributed by atoms with E-state index in [1.807, 2.05) is 6.07 Å². The molecule has 2 aromatic rings. The van der Waals surface area contributed by atoms with E-state index in [-0.39, 0.29) is 17.7 Å². The van der Waals surface area contributed by atoms with Crippen molar-refractivity contribution in [2.24, 2.45) is 0 Å². The number of carbonyl (C=O) groups excluding carboxylic acids is 1. The molecule has 1 amide bonds. The number of nitrogens with one attached hydrogen (secondary N) is 1. The van der Waals surface area contributed by atoms with Crippen LogP contribution in [0.15, 0.2) is 42.5 Å². The van der Waals surface area contributed by atoms with Crippen molar-refractivity contribution >= 4 is 17.7 Å². The summed E-state index contributed by atoms with van der Waals surface area (Å²) in [5, 5.41) is 11.2. The fraction of sp³-hybridized carbons (Fsp3) is 0.125. The summed E-state index contributed by atoms with van der Waals surface area (Å²) in [7, 11) is 0. The van der Waals surface area contributed by atoms with Crippen LogP contribution >= 0.6 is 0 Å². The number of anilines is 1. The Morgan fingerprint density at radius 1 is 1.18 bits per heavy atom. The van der Waals surface area contributed by atoms with Gasteiger partial charge in [-0.2, -0.15) is 0 Å². The van der Waals surface area contributed by atoms with E-state index in [2.05, 4.69) is 5.32 Å². The van der Waals surface area contributed by atoms with Gasteiger partial charge in [-0.3, -0.25) is 5.32 Å². The predicted octanol–water partition coefficient (Wildman–Crippen LogP) is 3.58. The number of amides is 1. The van der Waals surface area contributed by atoms with Gasteiger partial charge in [0.2, 0.25) is 0 Å². The SMILES string of the molecule is Cc1ccc(C(=O)O)c(NC(=O)OCc2ccccc2)c1F. The largest absolute Gasteiger partial charge is 0.478 e. The molecule has 2 N–H and O–H groups in total. The Labute approximate surface area is 126 Å². The zero-order valence-corrected chi connectivity index (χ0v) is 11.8. The van der Waals surface area contributed by atoms with Gasteiger partial charge in [-0.1, -0.05) is 36.4 Å². The quantitative estimate of drug-likeness (QED) is 0.905. The van der Waals surface area contributed by atoms with E-state index in [9.17, 15) is 14.0 Å². The van der Waals surface area contributed by atoms with E-state index in [0.717, 1.165) is 5.56 Å². The summed E-state index contributed by atoms with van der Waals surface area (Å²) in [6.45, 7) is 1.48. The lowest BCUT2D eigenvalue weighted by atomic mass is 10.1. The van der Waals surface area contributed by atoms with Crippen LogP contribution in [-0.2, 0) is 11.3 Å². The summed E-state index contributed by atoms with van der Waals surface area (Å²) < 4.78 is 19.0. The normalized spacial score (nSPS) is 10.1. The topological polar surface area (TPSA) is 75.6 Å². The van der Waals surface area contributed by atoms with Gasteiger partial charge in [0.1, 0.15) is 6.61 Å². The molecule has 2 aromatic carbocycles. The number of carboxylic acid groups (broad SMARTS) is 1. The highest BCUT2D eigenvalue weighted by atomic mass is 19.1. The van der Waals surface area contributed by atoms with Crippen LogP contribution in [0.2, 0.25) is 0 Å². The van der Waals surface area contributed by atoms with Gasteiger partial charge in [0.15, 0.2) is 5.82 Å². The monoisotopic (exact) mass is 303 g/mol. The average Bonchev–Trinajstić information content (AvgIpc) is 2.50. The van der Waals surface area contributed by atoms with E-state index in [1.54, 1.807) is 24.3 Å². The van der Waals surface area contributed by atoms with Gasteiger partial charge in [-0.05, 0) is 24.1 Å². The molecular formula is C16H14FNO4. The first-order chi connectivity index (χ1) is 10.5. The van der Waals surface area contributed by atoms with Gasteiger partial charge in [-0.15, -0.1) is 0 Å². The molecule has 0 saturated carbocycles. The fourth-order valence-corrected chi connectivity index (χ4v) is 1.84. The molecule has 0 aromatic heterocycles.